The van der Waals surface area contributed by atoms with E-state index in [-0.39, 0.29) is 18.9 Å². The molecule has 1 heterocycles. The summed E-state index contributed by atoms with van der Waals surface area (Å²) in [4.78, 5) is 1.76. The summed E-state index contributed by atoms with van der Waals surface area (Å²) in [5.74, 6) is 1.53. The maximum Gasteiger partial charge on any atom is 0.166 e. The molecule has 5 nitrogen and oxygen atoms in total. The van der Waals surface area contributed by atoms with Crippen molar-refractivity contribution < 1.29 is 18.6 Å². The second kappa shape index (κ2) is 6.20. The van der Waals surface area contributed by atoms with Crippen LogP contribution in [0.2, 0.25) is 0 Å². The Labute approximate surface area is 101 Å². The smallest absolute Gasteiger partial charge is 0.166 e. The van der Waals surface area contributed by atoms with Crippen molar-refractivity contribution in [3.8, 4) is 0 Å². The summed E-state index contributed by atoms with van der Waals surface area (Å²) in [6, 6.07) is 0. The number of aliphatic hydroxyl groups excluding tert-OH is 2. The number of thioether (sulfide) groups is 1. The molecule has 16 heavy (non-hydrogen) atoms. The molecule has 2 unspecified atom stereocenters. The highest BCUT2D eigenvalue weighted by molar-refractivity contribution is 8.01. The minimum absolute atomic E-state index is 0.115. The lowest BCUT2D eigenvalue weighted by atomic mass is 10.3. The Bertz CT molecular complexity index is 307. The van der Waals surface area contributed by atoms with E-state index in [1.165, 1.54) is 0 Å². The molecule has 0 aromatic rings. The second-order valence-corrected chi connectivity index (χ2v) is 7.41. The summed E-state index contributed by atoms with van der Waals surface area (Å²) >= 11 is 1.62. The molecule has 1 rings (SSSR count). The molecule has 0 bridgehead atoms. The van der Waals surface area contributed by atoms with Gasteiger partial charge in [0.2, 0.25) is 0 Å². The number of rotatable bonds is 5. The average molecular weight is 269 g/mol. The molecule has 1 saturated heterocycles. The number of hydrogen-bond donors (Lipinski definition) is 2. The summed E-state index contributed by atoms with van der Waals surface area (Å²) in [5, 5.41) is 17.6. The predicted octanol–water partition coefficient (Wildman–Crippen LogP) is -0.851. The van der Waals surface area contributed by atoms with Gasteiger partial charge in [-0.3, -0.25) is 4.90 Å². The lowest BCUT2D eigenvalue weighted by Gasteiger charge is -2.35. The molecule has 0 aromatic heterocycles. The van der Waals surface area contributed by atoms with Crippen molar-refractivity contribution in [2.45, 2.75) is 18.4 Å². The molecule has 1 aliphatic heterocycles. The fourth-order valence-electron chi connectivity index (χ4n) is 1.68. The number of β-amino-alcohol motifs (C(OH)–C–C–N with tert-alkyl or cyclic N) is 1. The van der Waals surface area contributed by atoms with Gasteiger partial charge in [0.05, 0.1) is 12.7 Å². The predicted molar refractivity (Wildman–Crippen MR) is 65.2 cm³/mol. The van der Waals surface area contributed by atoms with Crippen molar-refractivity contribution in [3.05, 3.63) is 0 Å². The maximum atomic E-state index is 11.8. The van der Waals surface area contributed by atoms with Crippen molar-refractivity contribution in [2.24, 2.45) is 0 Å². The second-order valence-electron chi connectivity index (χ2n) is 3.81. The van der Waals surface area contributed by atoms with Crippen LogP contribution in [-0.4, -0.2) is 72.0 Å². The van der Waals surface area contributed by atoms with Crippen molar-refractivity contribution in [2.75, 3.05) is 37.0 Å². The maximum absolute atomic E-state index is 11.8. The third kappa shape index (κ3) is 3.59. The molecule has 0 aromatic carbocycles. The highest BCUT2D eigenvalue weighted by atomic mass is 32.2. The van der Waals surface area contributed by atoms with E-state index in [0.29, 0.717) is 12.3 Å². The lowest BCUT2D eigenvalue weighted by Crippen LogP contribution is -2.50. The van der Waals surface area contributed by atoms with E-state index in [2.05, 4.69) is 0 Å². The fourth-order valence-corrected chi connectivity index (χ4v) is 4.77. The van der Waals surface area contributed by atoms with E-state index in [0.717, 1.165) is 5.75 Å². The zero-order valence-electron chi connectivity index (χ0n) is 9.37. The third-order valence-corrected chi connectivity index (χ3v) is 6.00. The highest BCUT2D eigenvalue weighted by Crippen LogP contribution is 2.21. The van der Waals surface area contributed by atoms with Gasteiger partial charge in [0.15, 0.2) is 9.84 Å². The molecule has 1 aliphatic rings. The van der Waals surface area contributed by atoms with Crippen LogP contribution in [0.4, 0.5) is 0 Å². The molecule has 2 atom stereocenters. The molecular formula is C9H19NO4S2. The van der Waals surface area contributed by atoms with Crippen LogP contribution >= 0.6 is 11.8 Å². The summed E-state index contributed by atoms with van der Waals surface area (Å²) < 4.78 is 23.7. The normalized spacial score (nSPS) is 25.6. The van der Waals surface area contributed by atoms with Crippen LogP contribution in [0.25, 0.3) is 0 Å². The molecule has 0 aliphatic carbocycles. The van der Waals surface area contributed by atoms with Gasteiger partial charge in [-0.2, -0.15) is 11.8 Å². The molecule has 7 heteroatoms. The van der Waals surface area contributed by atoms with Gasteiger partial charge in [-0.1, -0.05) is 6.92 Å². The van der Waals surface area contributed by atoms with Crippen LogP contribution in [0.1, 0.15) is 6.92 Å². The first-order valence-corrected chi connectivity index (χ1v) is 8.20. The molecule has 0 radical (unpaired) electrons. The number of sulfone groups is 1. The van der Waals surface area contributed by atoms with E-state index in [9.17, 15) is 13.5 Å². The van der Waals surface area contributed by atoms with Gasteiger partial charge in [0.25, 0.3) is 0 Å². The van der Waals surface area contributed by atoms with Gasteiger partial charge in [0, 0.05) is 30.3 Å². The number of nitrogens with zero attached hydrogens (tertiary/aromatic N) is 1. The van der Waals surface area contributed by atoms with Crippen LogP contribution in [0, 0.1) is 0 Å². The summed E-state index contributed by atoms with van der Waals surface area (Å²) in [7, 11) is -3.11. The average Bonchev–Trinajstić information content (AvgIpc) is 2.29. The van der Waals surface area contributed by atoms with Crippen LogP contribution in [0.15, 0.2) is 0 Å². The monoisotopic (exact) mass is 269 g/mol. The van der Waals surface area contributed by atoms with Gasteiger partial charge >= 0.3 is 0 Å². The minimum atomic E-state index is -3.11. The largest absolute Gasteiger partial charge is 0.394 e. The van der Waals surface area contributed by atoms with E-state index in [4.69, 9.17) is 5.11 Å². The Balaban J connectivity index is 2.71. The van der Waals surface area contributed by atoms with Crippen LogP contribution < -0.4 is 0 Å². The van der Waals surface area contributed by atoms with Crippen LogP contribution in [-0.2, 0) is 9.84 Å². The standard InChI is InChI=1S/C9H19NO4S2/c1-2-16(13,14)9-7-15-4-3-10(9)5-8(12)6-11/h8-9,11-12H,2-7H2,1H3. The summed E-state index contributed by atoms with van der Waals surface area (Å²) in [6.45, 7) is 2.17. The van der Waals surface area contributed by atoms with Crippen molar-refractivity contribution in [1.29, 1.82) is 0 Å². The Hall–Kier alpha value is 0.180. The van der Waals surface area contributed by atoms with Crippen LogP contribution in [0.3, 0.4) is 0 Å². The van der Waals surface area contributed by atoms with Gasteiger partial charge in [-0.05, 0) is 0 Å². The van der Waals surface area contributed by atoms with Crippen molar-refractivity contribution in [1.82, 2.24) is 4.90 Å². The Morgan fingerprint density at radius 1 is 1.56 bits per heavy atom. The van der Waals surface area contributed by atoms with E-state index >= 15 is 0 Å². The first-order valence-electron chi connectivity index (χ1n) is 5.33. The topological polar surface area (TPSA) is 77.8 Å². The zero-order chi connectivity index (χ0) is 12.2. The quantitative estimate of drug-likeness (QED) is 0.677. The lowest BCUT2D eigenvalue weighted by molar-refractivity contribution is 0.0580. The summed E-state index contributed by atoms with van der Waals surface area (Å²) in [6.07, 6.45) is -0.863. The first-order chi connectivity index (χ1) is 7.51. The van der Waals surface area contributed by atoms with E-state index in [1.54, 1.807) is 23.6 Å². The first kappa shape index (κ1) is 14.2. The number of aliphatic hydroxyl groups is 2. The van der Waals surface area contributed by atoms with Gasteiger partial charge < -0.3 is 10.2 Å². The van der Waals surface area contributed by atoms with E-state index < -0.39 is 21.3 Å². The molecule has 96 valence electrons. The highest BCUT2D eigenvalue weighted by Gasteiger charge is 2.33. The SMILES string of the molecule is CCS(=O)(=O)C1CSCCN1CC(O)CO. The fraction of sp³-hybridized carbons (Fsp3) is 1.00. The van der Waals surface area contributed by atoms with Crippen molar-refractivity contribution >= 4 is 21.6 Å². The third-order valence-electron chi connectivity index (χ3n) is 2.66. The zero-order valence-corrected chi connectivity index (χ0v) is 11.0. The molecule has 2 N–H and O–H groups in total. The molecule has 1 fully saturated rings. The molecular weight excluding hydrogens is 250 g/mol. The van der Waals surface area contributed by atoms with Crippen molar-refractivity contribution in [3.63, 3.8) is 0 Å². The van der Waals surface area contributed by atoms with Gasteiger partial charge in [-0.25, -0.2) is 8.42 Å². The summed E-state index contributed by atoms with van der Waals surface area (Å²) in [5.41, 5.74) is 0. The van der Waals surface area contributed by atoms with Gasteiger partial charge in [0.1, 0.15) is 5.37 Å². The Morgan fingerprint density at radius 2 is 2.25 bits per heavy atom. The minimum Gasteiger partial charge on any atom is -0.394 e. The Kier molecular flexibility index (Phi) is 5.52. The molecule has 0 amide bonds. The Morgan fingerprint density at radius 3 is 2.81 bits per heavy atom. The molecule has 0 spiro atoms. The van der Waals surface area contributed by atoms with Gasteiger partial charge in [-0.15, -0.1) is 0 Å². The van der Waals surface area contributed by atoms with Crippen LogP contribution in [0.5, 0.6) is 0 Å². The molecule has 0 saturated carbocycles. The number of hydrogen-bond acceptors (Lipinski definition) is 6. The van der Waals surface area contributed by atoms with E-state index in [1.807, 2.05) is 0 Å².